The van der Waals surface area contributed by atoms with Crippen molar-refractivity contribution in [1.82, 2.24) is 4.98 Å². The van der Waals surface area contributed by atoms with Gasteiger partial charge >= 0.3 is 0 Å². The van der Waals surface area contributed by atoms with Gasteiger partial charge in [0.25, 0.3) is 0 Å². The minimum atomic E-state index is -2.92. The highest BCUT2D eigenvalue weighted by molar-refractivity contribution is 7.91. The van der Waals surface area contributed by atoms with Gasteiger partial charge in [0.1, 0.15) is 11.9 Å². The van der Waals surface area contributed by atoms with Crippen molar-refractivity contribution < 1.29 is 8.42 Å². The molecule has 90 valence electrons. The lowest BCUT2D eigenvalue weighted by atomic mass is 10.2. The molecule has 1 aliphatic rings. The van der Waals surface area contributed by atoms with Gasteiger partial charge in [-0.3, -0.25) is 0 Å². The van der Waals surface area contributed by atoms with E-state index in [0.29, 0.717) is 23.5 Å². The van der Waals surface area contributed by atoms with Crippen LogP contribution in [-0.2, 0) is 9.84 Å². The van der Waals surface area contributed by atoms with Crippen LogP contribution in [0.15, 0.2) is 12.3 Å². The molecule has 7 heteroatoms. The molecule has 0 spiro atoms. The Bertz CT molecular complexity index is 576. The number of anilines is 2. The third-order valence-corrected chi connectivity index (χ3v) is 4.39. The Kier molecular flexibility index (Phi) is 2.90. The average Bonchev–Trinajstić information content (AvgIpc) is 2.61. The van der Waals surface area contributed by atoms with Gasteiger partial charge in [-0.2, -0.15) is 5.26 Å². The smallest absolute Gasteiger partial charge is 0.152 e. The van der Waals surface area contributed by atoms with E-state index in [4.69, 9.17) is 11.0 Å². The van der Waals surface area contributed by atoms with Crippen molar-refractivity contribution in [2.24, 2.45) is 0 Å². The number of nitrogens with one attached hydrogen (secondary N) is 1. The van der Waals surface area contributed by atoms with Crippen molar-refractivity contribution in [2.75, 3.05) is 22.6 Å². The van der Waals surface area contributed by atoms with Crippen molar-refractivity contribution in [2.45, 2.75) is 12.5 Å². The van der Waals surface area contributed by atoms with Gasteiger partial charge in [0, 0.05) is 12.2 Å². The highest BCUT2D eigenvalue weighted by atomic mass is 32.2. The van der Waals surface area contributed by atoms with Gasteiger partial charge in [-0.1, -0.05) is 0 Å². The lowest BCUT2D eigenvalue weighted by molar-refractivity contribution is 0.602. The van der Waals surface area contributed by atoms with Crippen molar-refractivity contribution in [3.8, 4) is 6.07 Å². The molecule has 1 aromatic rings. The molecule has 1 saturated heterocycles. The van der Waals surface area contributed by atoms with Gasteiger partial charge in [-0.25, -0.2) is 13.4 Å². The zero-order valence-corrected chi connectivity index (χ0v) is 9.87. The molecule has 0 bridgehead atoms. The summed E-state index contributed by atoms with van der Waals surface area (Å²) in [4.78, 5) is 4.01. The van der Waals surface area contributed by atoms with Crippen molar-refractivity contribution >= 4 is 21.3 Å². The first-order chi connectivity index (χ1) is 8.00. The van der Waals surface area contributed by atoms with Gasteiger partial charge < -0.3 is 11.1 Å². The molecule has 0 aliphatic carbocycles. The Balaban J connectivity index is 2.13. The molecule has 1 atom stereocenters. The first-order valence-electron chi connectivity index (χ1n) is 5.13. The fraction of sp³-hybridized carbons (Fsp3) is 0.400. The highest BCUT2D eigenvalue weighted by Crippen LogP contribution is 2.21. The molecule has 0 amide bonds. The molecule has 1 aliphatic heterocycles. The van der Waals surface area contributed by atoms with E-state index >= 15 is 0 Å². The van der Waals surface area contributed by atoms with Crippen LogP contribution in [0.3, 0.4) is 0 Å². The molecule has 1 fully saturated rings. The second-order valence-electron chi connectivity index (χ2n) is 4.02. The van der Waals surface area contributed by atoms with E-state index in [0.717, 1.165) is 0 Å². The topological polar surface area (TPSA) is 109 Å². The van der Waals surface area contributed by atoms with Crippen molar-refractivity contribution in [1.29, 1.82) is 5.26 Å². The van der Waals surface area contributed by atoms with Crippen LogP contribution in [0.2, 0.25) is 0 Å². The summed E-state index contributed by atoms with van der Waals surface area (Å²) in [6, 6.07) is 3.30. The molecule has 1 aromatic heterocycles. The molecular weight excluding hydrogens is 240 g/mol. The van der Waals surface area contributed by atoms with Crippen LogP contribution < -0.4 is 11.1 Å². The Morgan fingerprint density at radius 2 is 2.35 bits per heavy atom. The normalized spacial score (nSPS) is 21.9. The largest absolute Gasteiger partial charge is 0.396 e. The van der Waals surface area contributed by atoms with Crippen LogP contribution in [0.1, 0.15) is 12.0 Å². The third kappa shape index (κ3) is 2.65. The van der Waals surface area contributed by atoms with Crippen LogP contribution in [0.5, 0.6) is 0 Å². The fourth-order valence-corrected chi connectivity index (χ4v) is 3.44. The molecule has 17 heavy (non-hydrogen) atoms. The number of hydrogen-bond acceptors (Lipinski definition) is 6. The first-order valence-corrected chi connectivity index (χ1v) is 6.95. The average molecular weight is 252 g/mol. The Morgan fingerprint density at radius 1 is 1.59 bits per heavy atom. The first kappa shape index (κ1) is 11.7. The number of rotatable bonds is 2. The van der Waals surface area contributed by atoms with Crippen LogP contribution in [0, 0.1) is 11.3 Å². The van der Waals surface area contributed by atoms with E-state index in [1.807, 2.05) is 6.07 Å². The Hall–Kier alpha value is -1.81. The van der Waals surface area contributed by atoms with E-state index in [9.17, 15) is 8.42 Å². The summed E-state index contributed by atoms with van der Waals surface area (Å²) in [7, 11) is -2.92. The van der Waals surface area contributed by atoms with E-state index in [2.05, 4.69) is 10.3 Å². The van der Waals surface area contributed by atoms with Gasteiger partial charge in [0.15, 0.2) is 9.84 Å². The van der Waals surface area contributed by atoms with Crippen LogP contribution in [-0.4, -0.2) is 30.9 Å². The Morgan fingerprint density at radius 3 is 2.88 bits per heavy atom. The van der Waals surface area contributed by atoms with Gasteiger partial charge in [-0.05, 0) is 12.5 Å². The number of nitrogens with two attached hydrogens (primary N) is 1. The minimum Gasteiger partial charge on any atom is -0.396 e. The van der Waals surface area contributed by atoms with E-state index in [-0.39, 0.29) is 17.5 Å². The maximum atomic E-state index is 11.3. The number of nitriles is 1. The number of nitrogens with zero attached hydrogens (tertiary/aromatic N) is 2. The summed E-state index contributed by atoms with van der Waals surface area (Å²) in [5.41, 5.74) is 6.45. The molecule has 0 aromatic carbocycles. The quantitative estimate of drug-likeness (QED) is 0.774. The summed E-state index contributed by atoms with van der Waals surface area (Å²) in [6.45, 7) is 0. The molecule has 0 saturated carbocycles. The number of pyridine rings is 1. The summed E-state index contributed by atoms with van der Waals surface area (Å²) in [5.74, 6) is 0.737. The molecular formula is C10H12N4O2S. The van der Waals surface area contributed by atoms with Gasteiger partial charge in [0.2, 0.25) is 0 Å². The molecule has 2 heterocycles. The van der Waals surface area contributed by atoms with E-state index in [1.54, 1.807) is 0 Å². The lowest BCUT2D eigenvalue weighted by Crippen LogP contribution is -2.22. The van der Waals surface area contributed by atoms with Gasteiger partial charge in [-0.15, -0.1) is 0 Å². The monoisotopic (exact) mass is 252 g/mol. The van der Waals surface area contributed by atoms with Crippen molar-refractivity contribution in [3.63, 3.8) is 0 Å². The number of aromatic nitrogens is 1. The zero-order chi connectivity index (χ0) is 12.5. The maximum Gasteiger partial charge on any atom is 0.152 e. The third-order valence-electron chi connectivity index (χ3n) is 2.62. The van der Waals surface area contributed by atoms with Crippen molar-refractivity contribution in [3.05, 3.63) is 17.8 Å². The molecule has 2 rings (SSSR count). The maximum absolute atomic E-state index is 11.3. The Labute approximate surface area is 99.4 Å². The van der Waals surface area contributed by atoms with Crippen LogP contribution >= 0.6 is 0 Å². The molecule has 3 N–H and O–H groups in total. The zero-order valence-electron chi connectivity index (χ0n) is 9.05. The number of sulfone groups is 1. The summed E-state index contributed by atoms with van der Waals surface area (Å²) in [5, 5.41) is 11.7. The van der Waals surface area contributed by atoms with Crippen LogP contribution in [0.4, 0.5) is 11.5 Å². The fourth-order valence-electron chi connectivity index (χ4n) is 1.77. The summed E-state index contributed by atoms with van der Waals surface area (Å²) in [6.07, 6.45) is 1.96. The minimum absolute atomic E-state index is 0.105. The SMILES string of the molecule is N#Cc1cnc(NC2CCS(=O)(=O)C2)c(N)c1. The second-order valence-corrected chi connectivity index (χ2v) is 6.25. The predicted molar refractivity (Wildman–Crippen MR) is 64.0 cm³/mol. The summed E-state index contributed by atoms with van der Waals surface area (Å²) < 4.78 is 22.6. The standard InChI is InChI=1S/C10H12N4O2S/c11-4-7-3-9(12)10(13-5-7)14-8-1-2-17(15,16)6-8/h3,5,8H,1-2,6,12H2,(H,13,14). The van der Waals surface area contributed by atoms with E-state index < -0.39 is 9.84 Å². The summed E-state index contributed by atoms with van der Waals surface area (Å²) >= 11 is 0. The van der Waals surface area contributed by atoms with E-state index in [1.165, 1.54) is 12.3 Å². The van der Waals surface area contributed by atoms with Crippen LogP contribution in [0.25, 0.3) is 0 Å². The predicted octanol–water partition coefficient (Wildman–Crippen LogP) is 0.134. The molecule has 1 unspecified atom stereocenters. The molecule has 0 radical (unpaired) electrons. The number of hydrogen-bond donors (Lipinski definition) is 2. The second kappa shape index (κ2) is 4.22. The lowest BCUT2D eigenvalue weighted by Gasteiger charge is -2.13. The number of nitrogen functional groups attached to an aromatic ring is 1. The molecule has 6 nitrogen and oxygen atoms in total. The van der Waals surface area contributed by atoms with Gasteiger partial charge in [0.05, 0.1) is 22.8 Å². The highest BCUT2D eigenvalue weighted by Gasteiger charge is 2.28.